The molecule has 0 aliphatic carbocycles. The molecule has 0 unspecified atom stereocenters. The maximum absolute atomic E-state index is 13.1. The summed E-state index contributed by atoms with van der Waals surface area (Å²) in [6.07, 6.45) is 1.15. The first-order valence-corrected chi connectivity index (χ1v) is 15.0. The van der Waals surface area contributed by atoms with Crippen molar-refractivity contribution in [3.05, 3.63) is 114 Å². The fraction of sp³-hybridized carbons (Fsp3) is 0.294. The molecule has 0 heterocycles. The van der Waals surface area contributed by atoms with Gasteiger partial charge in [-0.05, 0) is 104 Å². The van der Waals surface area contributed by atoms with Crippen LogP contribution < -0.4 is 9.47 Å². The first-order chi connectivity index (χ1) is 18.5. The Bertz CT molecular complexity index is 1470. The predicted octanol–water partition coefficient (Wildman–Crippen LogP) is 8.94. The van der Waals surface area contributed by atoms with E-state index in [1.54, 1.807) is 36.4 Å². The minimum atomic E-state index is -3.60. The van der Waals surface area contributed by atoms with Crippen molar-refractivity contribution in [2.45, 2.75) is 75.2 Å². The van der Waals surface area contributed by atoms with Crippen LogP contribution in [0, 0.1) is 0 Å². The van der Waals surface area contributed by atoms with Crippen molar-refractivity contribution in [3.63, 3.8) is 0 Å². The summed E-state index contributed by atoms with van der Waals surface area (Å²) < 4.78 is 38.0. The third-order valence-electron chi connectivity index (χ3n) is 7.27. The van der Waals surface area contributed by atoms with E-state index in [2.05, 4.69) is 52.0 Å². The Morgan fingerprint density at radius 3 is 1.49 bits per heavy atom. The second-order valence-corrected chi connectivity index (χ2v) is 12.7. The Kier molecular flexibility index (Phi) is 8.51. The average Bonchev–Trinajstić information content (AvgIpc) is 2.93. The molecule has 1 atom stereocenters. The Morgan fingerprint density at radius 1 is 0.641 bits per heavy atom. The first-order valence-electron chi connectivity index (χ1n) is 13.5. The lowest BCUT2D eigenvalue weighted by Gasteiger charge is -2.26. The third-order valence-corrected chi connectivity index (χ3v) is 9.05. The molecule has 4 aromatic carbocycles. The van der Waals surface area contributed by atoms with Gasteiger partial charge >= 0.3 is 0 Å². The van der Waals surface area contributed by atoms with Crippen molar-refractivity contribution in [3.8, 4) is 17.2 Å². The van der Waals surface area contributed by atoms with Crippen LogP contribution in [-0.4, -0.2) is 14.5 Å². The largest absolute Gasteiger partial charge is 0.491 e. The highest BCUT2D eigenvalue weighted by Gasteiger charge is 2.23. The highest BCUT2D eigenvalue weighted by atomic mass is 32.2. The average molecular weight is 543 g/mol. The van der Waals surface area contributed by atoms with Gasteiger partial charge in [-0.15, -0.1) is 0 Å². The molecule has 0 bridgehead atoms. The Hall–Kier alpha value is -3.57. The van der Waals surface area contributed by atoms with E-state index < -0.39 is 9.84 Å². The molecule has 0 saturated heterocycles. The molecular formula is C34H38O4S. The van der Waals surface area contributed by atoms with Crippen LogP contribution in [0.1, 0.15) is 70.6 Å². The van der Waals surface area contributed by atoms with E-state index in [1.165, 1.54) is 5.56 Å². The maximum atomic E-state index is 13.1. The summed E-state index contributed by atoms with van der Waals surface area (Å²) in [4.78, 5) is 0.538. The monoisotopic (exact) mass is 542 g/mol. The van der Waals surface area contributed by atoms with Gasteiger partial charge in [0.2, 0.25) is 9.84 Å². The van der Waals surface area contributed by atoms with Crippen LogP contribution in [0.3, 0.4) is 0 Å². The molecule has 0 aliphatic heterocycles. The van der Waals surface area contributed by atoms with E-state index in [0.29, 0.717) is 22.3 Å². The molecule has 0 aromatic heterocycles. The van der Waals surface area contributed by atoms with Crippen molar-refractivity contribution in [2.24, 2.45) is 0 Å². The summed E-state index contributed by atoms with van der Waals surface area (Å²) in [6.45, 7) is 12.7. The minimum absolute atomic E-state index is 0.142. The van der Waals surface area contributed by atoms with Gasteiger partial charge in [0.05, 0.1) is 15.9 Å². The topological polar surface area (TPSA) is 52.6 Å². The SMILES string of the molecule is CC[C@@H](C)c1ccc(S(=O)(=O)c2ccc(Oc3ccc(C(C)(C)c4ccc(OC(C)C)cc4)cc3)cc2)cc1. The lowest BCUT2D eigenvalue weighted by Crippen LogP contribution is -2.18. The molecule has 0 amide bonds. The van der Waals surface area contributed by atoms with Crippen LogP contribution in [0.5, 0.6) is 17.2 Å². The van der Waals surface area contributed by atoms with Gasteiger partial charge in [0.25, 0.3) is 0 Å². The van der Waals surface area contributed by atoms with Gasteiger partial charge in [-0.25, -0.2) is 8.42 Å². The van der Waals surface area contributed by atoms with Crippen LogP contribution in [0.4, 0.5) is 0 Å². The smallest absolute Gasteiger partial charge is 0.206 e. The number of hydrogen-bond donors (Lipinski definition) is 0. The Labute approximate surface area is 233 Å². The van der Waals surface area contributed by atoms with Crippen LogP contribution in [-0.2, 0) is 15.3 Å². The van der Waals surface area contributed by atoms with Gasteiger partial charge in [-0.2, -0.15) is 0 Å². The van der Waals surface area contributed by atoms with Crippen molar-refractivity contribution in [2.75, 3.05) is 0 Å². The molecule has 4 nitrogen and oxygen atoms in total. The normalized spacial score (nSPS) is 12.8. The number of sulfone groups is 1. The van der Waals surface area contributed by atoms with E-state index >= 15 is 0 Å². The minimum Gasteiger partial charge on any atom is -0.491 e. The Balaban J connectivity index is 1.44. The zero-order valence-electron chi connectivity index (χ0n) is 23.6. The maximum Gasteiger partial charge on any atom is 0.206 e. The molecule has 39 heavy (non-hydrogen) atoms. The Morgan fingerprint density at radius 2 is 1.05 bits per heavy atom. The van der Waals surface area contributed by atoms with Crippen molar-refractivity contribution in [1.29, 1.82) is 0 Å². The van der Waals surface area contributed by atoms with Crippen LogP contribution in [0.2, 0.25) is 0 Å². The van der Waals surface area contributed by atoms with Gasteiger partial charge in [0.15, 0.2) is 0 Å². The van der Waals surface area contributed by atoms with Gasteiger partial charge in [-0.3, -0.25) is 0 Å². The summed E-state index contributed by atoms with van der Waals surface area (Å²) >= 11 is 0. The number of benzene rings is 4. The van der Waals surface area contributed by atoms with Gasteiger partial charge in [0.1, 0.15) is 17.2 Å². The van der Waals surface area contributed by atoms with Crippen molar-refractivity contribution < 1.29 is 17.9 Å². The van der Waals surface area contributed by atoms with Crippen LogP contribution in [0.25, 0.3) is 0 Å². The molecule has 0 aliphatic rings. The molecular weight excluding hydrogens is 504 g/mol. The molecule has 0 spiro atoms. The van der Waals surface area contributed by atoms with E-state index in [1.807, 2.05) is 50.2 Å². The fourth-order valence-corrected chi connectivity index (χ4v) is 5.76. The highest BCUT2D eigenvalue weighted by molar-refractivity contribution is 7.91. The quantitative estimate of drug-likeness (QED) is 0.201. The zero-order chi connectivity index (χ0) is 28.2. The first kappa shape index (κ1) is 28.4. The lowest BCUT2D eigenvalue weighted by atomic mass is 9.78. The standard InChI is InChI=1S/C34H38O4S/c1-7-25(4)26-8-20-32(21-9-26)39(35,36)33-22-18-31(19-23-33)38-30-16-12-28(13-17-30)34(5,6)27-10-14-29(15-11-27)37-24(2)3/h8-25H,7H2,1-6H3/t25-/m1/s1. The number of hydrogen-bond acceptors (Lipinski definition) is 4. The summed E-state index contributed by atoms with van der Waals surface area (Å²) in [7, 11) is -3.60. The van der Waals surface area contributed by atoms with E-state index in [0.717, 1.165) is 23.3 Å². The molecule has 0 radical (unpaired) electrons. The van der Waals surface area contributed by atoms with E-state index in [4.69, 9.17) is 9.47 Å². The van der Waals surface area contributed by atoms with Gasteiger partial charge in [0, 0.05) is 5.41 Å². The second kappa shape index (κ2) is 11.7. The molecule has 0 saturated carbocycles. The summed E-state index contributed by atoms with van der Waals surface area (Å²) in [5.74, 6) is 2.53. The third kappa shape index (κ3) is 6.54. The number of ether oxygens (including phenoxy) is 2. The molecule has 0 N–H and O–H groups in total. The molecule has 4 aromatic rings. The molecule has 204 valence electrons. The highest BCUT2D eigenvalue weighted by Crippen LogP contribution is 2.34. The van der Waals surface area contributed by atoms with Gasteiger partial charge < -0.3 is 9.47 Å². The lowest BCUT2D eigenvalue weighted by molar-refractivity contribution is 0.242. The molecule has 0 fully saturated rings. The van der Waals surface area contributed by atoms with E-state index in [-0.39, 0.29) is 16.4 Å². The fourth-order valence-electron chi connectivity index (χ4n) is 4.50. The summed E-state index contributed by atoms with van der Waals surface area (Å²) in [5.41, 5.74) is 3.30. The molecule has 5 heteroatoms. The summed E-state index contributed by atoms with van der Waals surface area (Å²) in [5, 5.41) is 0. The van der Waals surface area contributed by atoms with Crippen molar-refractivity contribution >= 4 is 9.84 Å². The molecule has 4 rings (SSSR count). The van der Waals surface area contributed by atoms with Crippen LogP contribution in [0.15, 0.2) is 107 Å². The van der Waals surface area contributed by atoms with E-state index in [9.17, 15) is 8.42 Å². The predicted molar refractivity (Wildman–Crippen MR) is 158 cm³/mol. The van der Waals surface area contributed by atoms with Crippen molar-refractivity contribution in [1.82, 2.24) is 0 Å². The van der Waals surface area contributed by atoms with Crippen LogP contribution >= 0.6 is 0 Å². The summed E-state index contributed by atoms with van der Waals surface area (Å²) in [6, 6.07) is 30.0. The zero-order valence-corrected chi connectivity index (χ0v) is 24.5. The van der Waals surface area contributed by atoms with Gasteiger partial charge in [-0.1, -0.05) is 64.1 Å². The number of rotatable bonds is 10. The second-order valence-electron chi connectivity index (χ2n) is 10.8.